The second kappa shape index (κ2) is 12.3. The maximum atomic E-state index is 12.1. The van der Waals surface area contributed by atoms with Gasteiger partial charge in [-0.1, -0.05) is 0 Å². The third kappa shape index (κ3) is 7.75. The van der Waals surface area contributed by atoms with Crippen LogP contribution in [0.5, 0.6) is 0 Å². The number of carbonyl (C=O) groups excluding carboxylic acids is 2. The SMILES string of the molecule is COCCOCC(=O)NC1C(O)CC(OC=O)(OC(C)C)OC1C(O)C(O)CO. The maximum absolute atomic E-state index is 12.1. The van der Waals surface area contributed by atoms with Crippen molar-refractivity contribution in [2.75, 3.05) is 33.5 Å². The lowest BCUT2D eigenvalue weighted by Gasteiger charge is -2.47. The normalized spacial score (nSPS) is 29.3. The van der Waals surface area contributed by atoms with Crippen LogP contribution in [0.1, 0.15) is 20.3 Å². The molecule has 1 amide bonds. The molecular formula is C17H31NO11. The van der Waals surface area contributed by atoms with Gasteiger partial charge in [0.25, 0.3) is 6.47 Å². The first-order chi connectivity index (χ1) is 13.7. The Hall–Kier alpha value is -1.38. The van der Waals surface area contributed by atoms with E-state index in [0.29, 0.717) is 0 Å². The lowest BCUT2D eigenvalue weighted by atomic mass is 9.91. The highest BCUT2D eigenvalue weighted by Crippen LogP contribution is 2.34. The lowest BCUT2D eigenvalue weighted by Crippen LogP contribution is -2.67. The van der Waals surface area contributed by atoms with E-state index in [9.17, 15) is 24.9 Å². The second-order valence-electron chi connectivity index (χ2n) is 6.80. The quantitative estimate of drug-likeness (QED) is 0.118. The molecule has 6 atom stereocenters. The fourth-order valence-electron chi connectivity index (χ4n) is 2.86. The first-order valence-electron chi connectivity index (χ1n) is 9.17. The summed E-state index contributed by atoms with van der Waals surface area (Å²) < 4.78 is 25.9. The van der Waals surface area contributed by atoms with Crippen molar-refractivity contribution in [1.82, 2.24) is 5.32 Å². The van der Waals surface area contributed by atoms with Crippen LogP contribution in [0, 0.1) is 0 Å². The van der Waals surface area contributed by atoms with Gasteiger partial charge in [0, 0.05) is 7.11 Å². The van der Waals surface area contributed by atoms with Crippen molar-refractivity contribution in [3.05, 3.63) is 0 Å². The summed E-state index contributed by atoms with van der Waals surface area (Å²) in [5.41, 5.74) is 0. The van der Waals surface area contributed by atoms with Gasteiger partial charge in [-0.2, -0.15) is 0 Å². The molecule has 0 aliphatic carbocycles. The fourth-order valence-corrected chi connectivity index (χ4v) is 2.86. The van der Waals surface area contributed by atoms with E-state index in [4.69, 9.17) is 28.8 Å². The molecule has 29 heavy (non-hydrogen) atoms. The highest BCUT2D eigenvalue weighted by Gasteiger charge is 2.53. The zero-order valence-corrected chi connectivity index (χ0v) is 16.7. The zero-order valence-electron chi connectivity index (χ0n) is 16.7. The van der Waals surface area contributed by atoms with E-state index >= 15 is 0 Å². The first-order valence-corrected chi connectivity index (χ1v) is 9.17. The molecule has 0 aromatic heterocycles. The van der Waals surface area contributed by atoms with E-state index in [-0.39, 0.29) is 32.7 Å². The van der Waals surface area contributed by atoms with Crippen molar-refractivity contribution in [2.45, 2.75) is 62.8 Å². The van der Waals surface area contributed by atoms with Crippen LogP contribution in [-0.2, 0) is 33.3 Å². The van der Waals surface area contributed by atoms with Crippen LogP contribution in [0.2, 0.25) is 0 Å². The summed E-state index contributed by atoms with van der Waals surface area (Å²) in [6, 6.07) is -1.22. The van der Waals surface area contributed by atoms with Crippen molar-refractivity contribution in [3.63, 3.8) is 0 Å². The molecule has 0 spiro atoms. The van der Waals surface area contributed by atoms with E-state index in [1.54, 1.807) is 13.8 Å². The number of aliphatic hydroxyl groups is 4. The Bertz CT molecular complexity index is 506. The molecule has 170 valence electrons. The monoisotopic (exact) mass is 425 g/mol. The molecule has 1 aliphatic heterocycles. The fraction of sp³-hybridized carbons (Fsp3) is 0.882. The number of hydrogen-bond acceptors (Lipinski definition) is 11. The summed E-state index contributed by atoms with van der Waals surface area (Å²) in [7, 11) is 1.48. The molecule has 6 unspecified atom stereocenters. The number of methoxy groups -OCH3 is 1. The average Bonchev–Trinajstić information content (AvgIpc) is 2.65. The van der Waals surface area contributed by atoms with Crippen LogP contribution in [0.15, 0.2) is 0 Å². The smallest absolute Gasteiger partial charge is 0.332 e. The molecule has 0 radical (unpaired) electrons. The van der Waals surface area contributed by atoms with Gasteiger partial charge in [-0.25, -0.2) is 0 Å². The van der Waals surface area contributed by atoms with Gasteiger partial charge in [-0.05, 0) is 13.8 Å². The van der Waals surface area contributed by atoms with Crippen molar-refractivity contribution < 1.29 is 53.7 Å². The molecule has 1 heterocycles. The zero-order chi connectivity index (χ0) is 22.0. The Kier molecular flexibility index (Phi) is 10.9. The van der Waals surface area contributed by atoms with Gasteiger partial charge in [-0.15, -0.1) is 0 Å². The molecule has 1 aliphatic rings. The van der Waals surface area contributed by atoms with Crippen LogP contribution >= 0.6 is 0 Å². The Labute approximate surface area is 168 Å². The number of nitrogens with one attached hydrogen (secondary N) is 1. The van der Waals surface area contributed by atoms with Crippen molar-refractivity contribution in [3.8, 4) is 0 Å². The average molecular weight is 425 g/mol. The third-order valence-corrected chi connectivity index (χ3v) is 4.10. The minimum atomic E-state index is -2.05. The van der Waals surface area contributed by atoms with Crippen molar-refractivity contribution in [2.24, 2.45) is 0 Å². The largest absolute Gasteiger partial charge is 0.410 e. The topological polar surface area (TPSA) is 173 Å². The first kappa shape index (κ1) is 25.7. The van der Waals surface area contributed by atoms with Crippen LogP contribution < -0.4 is 5.32 Å². The van der Waals surface area contributed by atoms with Gasteiger partial charge >= 0.3 is 5.97 Å². The number of ether oxygens (including phenoxy) is 5. The molecule has 5 N–H and O–H groups in total. The molecule has 12 nitrogen and oxygen atoms in total. The second-order valence-corrected chi connectivity index (χ2v) is 6.80. The van der Waals surface area contributed by atoms with E-state index < -0.39 is 55.0 Å². The van der Waals surface area contributed by atoms with Gasteiger partial charge < -0.3 is 49.4 Å². The summed E-state index contributed by atoms with van der Waals surface area (Å²) >= 11 is 0. The summed E-state index contributed by atoms with van der Waals surface area (Å²) in [6.07, 6.45) is -7.16. The van der Waals surface area contributed by atoms with Gasteiger partial charge in [0.15, 0.2) is 0 Å². The Morgan fingerprint density at radius 1 is 1.34 bits per heavy atom. The standard InChI is InChI=1S/C17H31NO11/c1-10(2)28-17(27-9-20)6-11(21)14(16(29-17)15(24)12(22)7-19)18-13(23)8-26-5-4-25-3/h9-12,14-16,19,21-22,24H,4-8H2,1-3H3,(H,18,23). The number of amides is 1. The molecule has 0 saturated carbocycles. The number of carbonyl (C=O) groups is 2. The van der Waals surface area contributed by atoms with Gasteiger partial charge in [0.2, 0.25) is 5.91 Å². The van der Waals surface area contributed by atoms with Crippen molar-refractivity contribution >= 4 is 12.4 Å². The van der Waals surface area contributed by atoms with Gasteiger partial charge in [0.05, 0.1) is 44.5 Å². The van der Waals surface area contributed by atoms with Crippen LogP contribution in [0.4, 0.5) is 0 Å². The van der Waals surface area contributed by atoms with Crippen LogP contribution in [0.25, 0.3) is 0 Å². The highest BCUT2D eigenvalue weighted by atomic mass is 16.9. The van der Waals surface area contributed by atoms with Gasteiger partial charge in [-0.3, -0.25) is 9.59 Å². The van der Waals surface area contributed by atoms with E-state index in [1.807, 2.05) is 0 Å². The molecule has 0 bridgehead atoms. The Morgan fingerprint density at radius 2 is 2.03 bits per heavy atom. The van der Waals surface area contributed by atoms with E-state index in [1.165, 1.54) is 7.11 Å². The lowest BCUT2D eigenvalue weighted by molar-refractivity contribution is -0.417. The molecule has 0 aromatic rings. The molecule has 1 saturated heterocycles. The number of rotatable bonds is 13. The highest BCUT2D eigenvalue weighted by molar-refractivity contribution is 5.77. The predicted molar refractivity (Wildman–Crippen MR) is 95.3 cm³/mol. The van der Waals surface area contributed by atoms with Crippen LogP contribution in [0.3, 0.4) is 0 Å². The minimum Gasteiger partial charge on any atom is -0.410 e. The molecule has 1 fully saturated rings. The Morgan fingerprint density at radius 3 is 2.59 bits per heavy atom. The maximum Gasteiger partial charge on any atom is 0.332 e. The summed E-state index contributed by atoms with van der Waals surface area (Å²) in [5.74, 6) is -2.68. The third-order valence-electron chi connectivity index (χ3n) is 4.10. The minimum absolute atomic E-state index is 0.0591. The van der Waals surface area contributed by atoms with E-state index in [2.05, 4.69) is 5.32 Å². The number of hydrogen-bond donors (Lipinski definition) is 5. The Balaban J connectivity index is 3.01. The van der Waals surface area contributed by atoms with E-state index in [0.717, 1.165) is 0 Å². The molecule has 0 aromatic carbocycles. The number of aliphatic hydroxyl groups excluding tert-OH is 4. The van der Waals surface area contributed by atoms with Gasteiger partial charge in [0.1, 0.15) is 24.9 Å². The molecule has 12 heteroatoms. The summed E-state index contributed by atoms with van der Waals surface area (Å²) in [6.45, 7) is 2.60. The van der Waals surface area contributed by atoms with Crippen LogP contribution in [-0.4, -0.2) is 109 Å². The molecular weight excluding hydrogens is 394 g/mol. The molecule has 1 rings (SSSR count). The summed E-state index contributed by atoms with van der Waals surface area (Å²) in [4.78, 5) is 23.1. The van der Waals surface area contributed by atoms with Crippen molar-refractivity contribution in [1.29, 1.82) is 0 Å². The summed E-state index contributed by atoms with van der Waals surface area (Å²) in [5, 5.41) is 42.4. The predicted octanol–water partition coefficient (Wildman–Crippen LogP) is -2.75.